The Labute approximate surface area is 136 Å². The number of fused-ring (bicyclic) bond motifs is 2. The average Bonchev–Trinajstić information content (AvgIpc) is 2.84. The van der Waals surface area contributed by atoms with E-state index in [-0.39, 0.29) is 29.8 Å². The van der Waals surface area contributed by atoms with Crippen LogP contribution >= 0.6 is 0 Å². The summed E-state index contributed by atoms with van der Waals surface area (Å²) in [6.07, 6.45) is 3.25. The number of carbonyl (C=O) groups excluding carboxylic acids is 3. The molecule has 7 nitrogen and oxygen atoms in total. The maximum atomic E-state index is 12.6. The first-order valence-corrected chi connectivity index (χ1v) is 8.57. The number of rotatable bonds is 3. The molecular formula is C16H25N3O4. The zero-order valence-electron chi connectivity index (χ0n) is 13.6. The second-order valence-electron chi connectivity index (χ2n) is 6.59. The van der Waals surface area contributed by atoms with E-state index in [0.717, 1.165) is 12.8 Å². The summed E-state index contributed by atoms with van der Waals surface area (Å²) >= 11 is 0. The van der Waals surface area contributed by atoms with E-state index in [0.29, 0.717) is 45.6 Å². The normalized spacial score (nSPS) is 28.7. The van der Waals surface area contributed by atoms with Crippen molar-refractivity contribution < 1.29 is 19.1 Å². The minimum Gasteiger partial charge on any atom is -0.378 e. The molecule has 0 radical (unpaired) electrons. The number of carbonyl (C=O) groups is 3. The highest BCUT2D eigenvalue weighted by atomic mass is 16.5. The van der Waals surface area contributed by atoms with Crippen molar-refractivity contribution in [3.63, 3.8) is 0 Å². The molecule has 2 bridgehead atoms. The van der Waals surface area contributed by atoms with Crippen LogP contribution in [0.2, 0.25) is 0 Å². The van der Waals surface area contributed by atoms with Crippen LogP contribution in [0, 0.1) is 0 Å². The summed E-state index contributed by atoms with van der Waals surface area (Å²) in [4.78, 5) is 40.4. The Morgan fingerprint density at radius 1 is 1.22 bits per heavy atom. The number of nitrogens with zero attached hydrogens (tertiary/aromatic N) is 2. The molecule has 1 N–H and O–H groups in total. The van der Waals surface area contributed by atoms with Gasteiger partial charge in [-0.1, -0.05) is 6.92 Å². The first-order valence-electron chi connectivity index (χ1n) is 8.57. The van der Waals surface area contributed by atoms with Crippen LogP contribution in [0.5, 0.6) is 0 Å². The zero-order chi connectivity index (χ0) is 16.4. The highest BCUT2D eigenvalue weighted by molar-refractivity contribution is 5.89. The predicted octanol–water partition coefficient (Wildman–Crippen LogP) is 0.529. The highest BCUT2D eigenvalue weighted by Gasteiger charge is 2.43. The second-order valence-corrected chi connectivity index (χ2v) is 6.59. The van der Waals surface area contributed by atoms with Crippen molar-refractivity contribution in [2.75, 3.05) is 26.3 Å². The number of amides is 3. The lowest BCUT2D eigenvalue weighted by atomic mass is 10.0. The molecule has 3 atom stereocenters. The smallest absolute Gasteiger partial charge is 0.318 e. The first kappa shape index (κ1) is 16.2. The minimum atomic E-state index is -0.502. The predicted molar refractivity (Wildman–Crippen MR) is 82.9 cm³/mol. The summed E-state index contributed by atoms with van der Waals surface area (Å²) in [5.74, 6) is 0.211. The molecule has 3 aliphatic rings. The van der Waals surface area contributed by atoms with Crippen molar-refractivity contribution in [2.45, 2.75) is 57.2 Å². The summed E-state index contributed by atoms with van der Waals surface area (Å²) in [5, 5.41) is 2.89. The fourth-order valence-corrected chi connectivity index (χ4v) is 3.87. The Morgan fingerprint density at radius 2 is 1.83 bits per heavy atom. The third-order valence-corrected chi connectivity index (χ3v) is 5.11. The molecule has 3 saturated heterocycles. The molecule has 0 aromatic heterocycles. The van der Waals surface area contributed by atoms with E-state index in [9.17, 15) is 14.4 Å². The van der Waals surface area contributed by atoms with Crippen molar-refractivity contribution in [1.82, 2.24) is 15.1 Å². The third kappa shape index (κ3) is 3.34. The lowest BCUT2D eigenvalue weighted by Crippen LogP contribution is -2.57. The Balaban J connectivity index is 1.61. The molecule has 0 aliphatic carbocycles. The molecule has 3 aliphatic heterocycles. The molecule has 3 fully saturated rings. The van der Waals surface area contributed by atoms with Gasteiger partial charge in [-0.05, 0) is 19.3 Å². The van der Waals surface area contributed by atoms with E-state index in [4.69, 9.17) is 4.74 Å². The second kappa shape index (κ2) is 6.86. The number of piperidine rings is 1. The summed E-state index contributed by atoms with van der Waals surface area (Å²) < 4.78 is 5.26. The minimum absolute atomic E-state index is 0.0113. The highest BCUT2D eigenvalue weighted by Crippen LogP contribution is 2.33. The quantitative estimate of drug-likeness (QED) is 0.822. The molecule has 23 heavy (non-hydrogen) atoms. The van der Waals surface area contributed by atoms with Crippen LogP contribution in [-0.2, 0) is 14.3 Å². The van der Waals surface area contributed by atoms with Crippen molar-refractivity contribution in [1.29, 1.82) is 0 Å². The molecule has 0 spiro atoms. The number of hydrogen-bond donors (Lipinski definition) is 1. The topological polar surface area (TPSA) is 79.0 Å². The van der Waals surface area contributed by atoms with Crippen molar-refractivity contribution in [3.8, 4) is 0 Å². The number of urea groups is 1. The summed E-state index contributed by atoms with van der Waals surface area (Å²) in [5.41, 5.74) is 0. The van der Waals surface area contributed by atoms with Gasteiger partial charge in [0.05, 0.1) is 13.2 Å². The van der Waals surface area contributed by atoms with E-state index in [1.807, 2.05) is 6.92 Å². The summed E-state index contributed by atoms with van der Waals surface area (Å²) in [6.45, 7) is 4.16. The van der Waals surface area contributed by atoms with Gasteiger partial charge in [0.1, 0.15) is 11.8 Å². The lowest BCUT2D eigenvalue weighted by Gasteiger charge is -2.36. The van der Waals surface area contributed by atoms with Crippen LogP contribution in [-0.4, -0.2) is 72.0 Å². The first-order chi connectivity index (χ1) is 11.1. The molecule has 3 heterocycles. The number of hydrogen-bond acceptors (Lipinski definition) is 4. The SMILES string of the molecule is CC[C@H](NC(=O)N1[C@H]2CC[C@H]1CC(=O)C2)C(=O)N1CCOCC1. The van der Waals surface area contributed by atoms with Crippen molar-refractivity contribution >= 4 is 17.7 Å². The monoisotopic (exact) mass is 323 g/mol. The van der Waals surface area contributed by atoms with Crippen LogP contribution in [0.15, 0.2) is 0 Å². The van der Waals surface area contributed by atoms with Gasteiger partial charge >= 0.3 is 6.03 Å². The van der Waals surface area contributed by atoms with Gasteiger partial charge in [-0.15, -0.1) is 0 Å². The Hall–Kier alpha value is -1.63. The van der Waals surface area contributed by atoms with E-state index in [2.05, 4.69) is 5.32 Å². The number of morpholine rings is 1. The summed E-state index contributed by atoms with van der Waals surface area (Å²) in [6, 6.07) is -0.675. The standard InChI is InChI=1S/C16H25N3O4/c1-2-14(15(21)18-5-7-23-8-6-18)17-16(22)19-11-3-4-12(19)10-13(20)9-11/h11-12,14H,2-10H2,1H3,(H,17,22)/t11-,12-,14-/m0/s1. The molecule has 128 valence electrons. The van der Waals surface area contributed by atoms with Gasteiger partial charge in [0, 0.05) is 38.0 Å². The van der Waals surface area contributed by atoms with Crippen molar-refractivity contribution in [2.24, 2.45) is 0 Å². The van der Waals surface area contributed by atoms with Crippen molar-refractivity contribution in [3.05, 3.63) is 0 Å². The number of Topliss-reactive ketones (excluding diaryl/α,β-unsaturated/α-hetero) is 1. The van der Waals surface area contributed by atoms with E-state index >= 15 is 0 Å². The van der Waals surface area contributed by atoms with Crippen LogP contribution in [0.4, 0.5) is 4.79 Å². The Morgan fingerprint density at radius 3 is 2.39 bits per heavy atom. The van der Waals surface area contributed by atoms with Gasteiger partial charge in [0.15, 0.2) is 0 Å². The molecule has 0 aromatic rings. The molecule has 3 rings (SSSR count). The zero-order valence-corrected chi connectivity index (χ0v) is 13.6. The van der Waals surface area contributed by atoms with Gasteiger partial charge in [-0.3, -0.25) is 9.59 Å². The van der Waals surface area contributed by atoms with E-state index in [1.54, 1.807) is 9.80 Å². The maximum Gasteiger partial charge on any atom is 0.318 e. The number of ether oxygens (including phenoxy) is 1. The van der Waals surface area contributed by atoms with Gasteiger partial charge in [-0.2, -0.15) is 0 Å². The van der Waals surface area contributed by atoms with Gasteiger partial charge in [-0.25, -0.2) is 4.79 Å². The van der Waals surface area contributed by atoms with Crippen LogP contribution < -0.4 is 5.32 Å². The van der Waals surface area contributed by atoms with Crippen LogP contribution in [0.1, 0.15) is 39.0 Å². The van der Waals surface area contributed by atoms with Gasteiger partial charge < -0.3 is 19.9 Å². The van der Waals surface area contributed by atoms with Gasteiger partial charge in [0.2, 0.25) is 5.91 Å². The third-order valence-electron chi connectivity index (χ3n) is 5.11. The maximum absolute atomic E-state index is 12.6. The fourth-order valence-electron chi connectivity index (χ4n) is 3.87. The molecule has 0 saturated carbocycles. The summed E-state index contributed by atoms with van der Waals surface area (Å²) in [7, 11) is 0. The molecule has 3 amide bonds. The van der Waals surface area contributed by atoms with Gasteiger partial charge in [0.25, 0.3) is 0 Å². The number of nitrogens with one attached hydrogen (secondary N) is 1. The molecular weight excluding hydrogens is 298 g/mol. The van der Waals surface area contributed by atoms with E-state index in [1.165, 1.54) is 0 Å². The lowest BCUT2D eigenvalue weighted by molar-refractivity contribution is -0.137. The molecule has 0 aromatic carbocycles. The average molecular weight is 323 g/mol. The fraction of sp³-hybridized carbons (Fsp3) is 0.812. The van der Waals surface area contributed by atoms with Crippen LogP contribution in [0.25, 0.3) is 0 Å². The van der Waals surface area contributed by atoms with E-state index < -0.39 is 6.04 Å². The largest absolute Gasteiger partial charge is 0.378 e. The Bertz CT molecular complexity index is 474. The Kier molecular flexibility index (Phi) is 4.84. The molecule has 0 unspecified atom stereocenters. The van der Waals surface area contributed by atoms with Crippen LogP contribution in [0.3, 0.4) is 0 Å². The molecule has 7 heteroatoms. The number of ketones is 1.